The van der Waals surface area contributed by atoms with Crippen molar-refractivity contribution in [1.29, 1.82) is 5.41 Å². The van der Waals surface area contributed by atoms with Crippen molar-refractivity contribution in [2.45, 2.75) is 0 Å². The lowest BCUT2D eigenvalue weighted by molar-refractivity contribution is 0.277. The second-order valence-corrected chi connectivity index (χ2v) is 0.585. The van der Waals surface area contributed by atoms with Gasteiger partial charge in [-0.05, 0) is 12.4 Å². The first kappa shape index (κ1) is 9.05. The molecule has 0 aromatic rings. The fourth-order valence-corrected chi connectivity index (χ4v) is 0. The normalized spacial score (nSPS) is 4.33. The van der Waals surface area contributed by atoms with Gasteiger partial charge in [0.25, 0.3) is 0 Å². The van der Waals surface area contributed by atoms with Crippen molar-refractivity contribution < 1.29 is 4.74 Å². The number of hydrogen-bond acceptors (Lipinski definition) is 2. The Balaban J connectivity index is 0. The molecule has 0 bridgehead atoms. The fourth-order valence-electron chi connectivity index (χ4n) is 0. The number of ether oxygens (including phenoxy) is 1. The van der Waals surface area contributed by atoms with E-state index in [4.69, 9.17) is 5.41 Å². The van der Waals surface area contributed by atoms with Gasteiger partial charge in [0.05, 0.1) is 0 Å². The van der Waals surface area contributed by atoms with E-state index in [1.54, 1.807) is 20.1 Å². The molecule has 0 aliphatic heterocycles. The molecule has 2 heteroatoms. The molecule has 0 radical (unpaired) electrons. The summed E-state index contributed by atoms with van der Waals surface area (Å²) in [4.78, 5) is 0. The second-order valence-electron chi connectivity index (χ2n) is 0.585. The number of nitrogens with one attached hydrogen (secondary N) is 1. The molecule has 0 aromatic heterocycles. The summed E-state index contributed by atoms with van der Waals surface area (Å²) in [6, 6.07) is 0. The highest BCUT2D eigenvalue weighted by Gasteiger charge is 1.25. The van der Waals surface area contributed by atoms with Gasteiger partial charge in [-0.1, -0.05) is 0 Å². The van der Waals surface area contributed by atoms with Crippen LogP contribution in [0.4, 0.5) is 0 Å². The first-order chi connectivity index (χ1) is 2.83. The van der Waals surface area contributed by atoms with Crippen LogP contribution in [0.2, 0.25) is 0 Å². The zero-order valence-electron chi connectivity index (χ0n) is 4.12. The quantitative estimate of drug-likeness (QED) is 0.433. The van der Waals surface area contributed by atoms with Gasteiger partial charge in [0, 0.05) is 14.2 Å². The van der Waals surface area contributed by atoms with Gasteiger partial charge in [-0.2, -0.15) is 0 Å². The Kier molecular flexibility index (Phi) is 38.9. The fraction of sp³-hybridized carbons (Fsp3) is 0.500. The molecule has 0 spiro atoms. The van der Waals surface area contributed by atoms with Crippen molar-refractivity contribution in [1.82, 2.24) is 0 Å². The molecule has 0 fully saturated rings. The maximum atomic E-state index is 5.85. The van der Waals surface area contributed by atoms with Crippen LogP contribution < -0.4 is 0 Å². The Labute approximate surface area is 37.9 Å². The summed E-state index contributed by atoms with van der Waals surface area (Å²) in [6.45, 7) is 2.90. The minimum Gasteiger partial charge on any atom is -0.388 e. The van der Waals surface area contributed by atoms with E-state index in [0.29, 0.717) is 0 Å². The van der Waals surface area contributed by atoms with E-state index in [1.807, 2.05) is 0 Å². The first-order valence-electron chi connectivity index (χ1n) is 1.42. The molecule has 0 unspecified atom stereocenters. The lowest BCUT2D eigenvalue weighted by atomic mass is 11.2. The molecular weight excluding hydrogens is 78.0 g/mol. The molecule has 1 N–H and O–H groups in total. The number of rotatable bonds is 0. The zero-order valence-corrected chi connectivity index (χ0v) is 4.12. The molecule has 0 aliphatic carbocycles. The summed E-state index contributed by atoms with van der Waals surface area (Å²) in [6.07, 6.45) is 0. The Bertz CT molecular complexity index is 36.8. The molecule has 0 saturated heterocycles. The van der Waals surface area contributed by atoms with Crippen LogP contribution in [-0.2, 0) is 4.74 Å². The monoisotopic (exact) mass is 87.1 g/mol. The Morgan fingerprint density at radius 1 is 1.67 bits per heavy atom. The van der Waals surface area contributed by atoms with Gasteiger partial charge in [-0.25, -0.2) is 0 Å². The molecule has 0 rings (SSSR count). The maximum absolute atomic E-state index is 5.85. The minimum absolute atomic E-state index is 1.62. The highest BCUT2D eigenvalue weighted by Crippen LogP contribution is 1.28. The average molecular weight is 87.1 g/mol. The molecule has 2 nitrogen and oxygen atoms in total. The molecule has 6 heavy (non-hydrogen) atoms. The number of hydrogen-bond donors (Lipinski definition) is 1. The standard InChI is InChI=1S/C2H3N.C2H6O/c1-2-3;1-3-2/h3H,1H2;1-2H3. The highest BCUT2D eigenvalue weighted by atomic mass is 16.4. The van der Waals surface area contributed by atoms with Crippen LogP contribution in [0.15, 0.2) is 6.58 Å². The van der Waals surface area contributed by atoms with E-state index in [2.05, 4.69) is 11.3 Å². The lowest BCUT2D eigenvalue weighted by Gasteiger charge is -1.61. The van der Waals surface area contributed by atoms with E-state index in [0.717, 1.165) is 0 Å². The van der Waals surface area contributed by atoms with Crippen molar-refractivity contribution in [3.8, 4) is 0 Å². The van der Waals surface area contributed by atoms with Crippen LogP contribution in [0.5, 0.6) is 0 Å². The highest BCUT2D eigenvalue weighted by molar-refractivity contribution is 5.41. The van der Waals surface area contributed by atoms with Crippen molar-refractivity contribution in [2.24, 2.45) is 0 Å². The van der Waals surface area contributed by atoms with Gasteiger partial charge in [-0.15, -0.1) is 0 Å². The summed E-state index contributed by atoms with van der Waals surface area (Å²) in [5, 5.41) is 5.85. The van der Waals surface area contributed by atoms with E-state index in [9.17, 15) is 0 Å². The van der Waals surface area contributed by atoms with E-state index in [1.165, 1.54) is 0 Å². The Morgan fingerprint density at radius 2 is 1.67 bits per heavy atom. The van der Waals surface area contributed by atoms with Crippen LogP contribution in [0.25, 0.3) is 0 Å². The first-order valence-corrected chi connectivity index (χ1v) is 1.42. The third-order valence-corrected chi connectivity index (χ3v) is 0. The van der Waals surface area contributed by atoms with Crippen LogP contribution >= 0.6 is 0 Å². The largest absolute Gasteiger partial charge is 0.388 e. The summed E-state index contributed by atoms with van der Waals surface area (Å²) in [5.74, 6) is 1.75. The summed E-state index contributed by atoms with van der Waals surface area (Å²) < 4.78 is 4.25. The smallest absolute Gasteiger partial charge is 0.0351 e. The number of methoxy groups -OCH3 is 1. The van der Waals surface area contributed by atoms with Gasteiger partial charge < -0.3 is 4.74 Å². The Hall–Kier alpha value is -0.590. The van der Waals surface area contributed by atoms with E-state index in [-0.39, 0.29) is 0 Å². The third-order valence-electron chi connectivity index (χ3n) is 0. The maximum Gasteiger partial charge on any atom is 0.0351 e. The van der Waals surface area contributed by atoms with E-state index < -0.39 is 0 Å². The SMILES string of the molecule is C=C=N.COC. The van der Waals surface area contributed by atoms with Crippen LogP contribution in [0.1, 0.15) is 0 Å². The zero-order chi connectivity index (χ0) is 5.41. The molecule has 0 aromatic carbocycles. The van der Waals surface area contributed by atoms with Crippen molar-refractivity contribution >= 4 is 5.87 Å². The van der Waals surface area contributed by atoms with Crippen molar-refractivity contribution in [3.05, 3.63) is 6.58 Å². The molecule has 0 atom stereocenters. The third kappa shape index (κ3) is 56.9. The predicted octanol–water partition coefficient (Wildman–Crippen LogP) is 0.683. The van der Waals surface area contributed by atoms with Crippen LogP contribution in [-0.4, -0.2) is 20.1 Å². The summed E-state index contributed by atoms with van der Waals surface area (Å²) in [7, 11) is 3.25. The Morgan fingerprint density at radius 3 is 1.67 bits per heavy atom. The van der Waals surface area contributed by atoms with Gasteiger partial charge in [0.1, 0.15) is 0 Å². The van der Waals surface area contributed by atoms with Crippen molar-refractivity contribution in [2.75, 3.05) is 14.2 Å². The van der Waals surface area contributed by atoms with E-state index >= 15 is 0 Å². The van der Waals surface area contributed by atoms with Crippen LogP contribution in [0, 0.1) is 5.41 Å². The second kappa shape index (κ2) is 25.8. The van der Waals surface area contributed by atoms with Gasteiger partial charge in [0.15, 0.2) is 0 Å². The summed E-state index contributed by atoms with van der Waals surface area (Å²) in [5.41, 5.74) is 0. The van der Waals surface area contributed by atoms with Gasteiger partial charge in [-0.3, -0.25) is 5.41 Å². The van der Waals surface area contributed by atoms with Crippen LogP contribution in [0.3, 0.4) is 0 Å². The molecule has 0 aliphatic rings. The minimum atomic E-state index is 1.62. The average Bonchev–Trinajstić information content (AvgIpc) is 1.39. The molecule has 36 valence electrons. The topological polar surface area (TPSA) is 33.1 Å². The van der Waals surface area contributed by atoms with Gasteiger partial charge in [0.2, 0.25) is 0 Å². The van der Waals surface area contributed by atoms with Crippen molar-refractivity contribution in [3.63, 3.8) is 0 Å². The molecule has 0 heterocycles. The molecule has 0 saturated carbocycles. The lowest BCUT2D eigenvalue weighted by Crippen LogP contribution is -1.55. The molecular formula is C4H9NO. The molecule has 0 amide bonds. The predicted molar refractivity (Wildman–Crippen MR) is 26.3 cm³/mol. The summed E-state index contributed by atoms with van der Waals surface area (Å²) >= 11 is 0. The van der Waals surface area contributed by atoms with Gasteiger partial charge >= 0.3 is 0 Å².